The summed E-state index contributed by atoms with van der Waals surface area (Å²) in [6, 6.07) is 1.83. The summed E-state index contributed by atoms with van der Waals surface area (Å²) >= 11 is 9.23. The van der Waals surface area contributed by atoms with Gasteiger partial charge in [-0.1, -0.05) is 24.4 Å². The fourth-order valence-electron chi connectivity index (χ4n) is 1.99. The lowest BCUT2D eigenvalue weighted by Gasteiger charge is -2.12. The molecule has 1 aliphatic carbocycles. The Hall–Kier alpha value is -0.320. The van der Waals surface area contributed by atoms with Gasteiger partial charge in [0, 0.05) is 12.7 Å². The Morgan fingerprint density at radius 2 is 2.24 bits per heavy atom. The molecule has 17 heavy (non-hydrogen) atoms. The number of halogens is 2. The van der Waals surface area contributed by atoms with E-state index >= 15 is 0 Å². The second kappa shape index (κ2) is 6.57. The Bertz CT molecular complexity index is 370. The van der Waals surface area contributed by atoms with Gasteiger partial charge in [-0.05, 0) is 34.8 Å². The fraction of sp³-hybridized carbons (Fsp3) is 0.583. The maximum atomic E-state index is 5.82. The molecule has 1 heterocycles. The normalized spacial score (nSPS) is 16.4. The molecule has 0 radical (unpaired) electrons. The van der Waals surface area contributed by atoms with E-state index in [1.54, 1.807) is 6.20 Å². The van der Waals surface area contributed by atoms with E-state index in [4.69, 9.17) is 16.3 Å². The minimum Gasteiger partial charge on any atom is -0.376 e. The van der Waals surface area contributed by atoms with E-state index < -0.39 is 0 Å². The predicted molar refractivity (Wildman–Crippen MR) is 73.6 cm³/mol. The van der Waals surface area contributed by atoms with E-state index in [1.165, 1.54) is 25.7 Å². The first-order valence-corrected chi connectivity index (χ1v) is 7.09. The molecule has 0 amide bonds. The number of aromatic nitrogens is 1. The number of ether oxygens (including phenoxy) is 1. The van der Waals surface area contributed by atoms with Crippen molar-refractivity contribution in [1.29, 1.82) is 0 Å². The third-order valence-corrected chi connectivity index (χ3v) is 3.67. The molecule has 0 aliphatic heterocycles. The molecule has 1 fully saturated rings. The van der Waals surface area contributed by atoms with Crippen LogP contribution < -0.4 is 5.32 Å². The second-order valence-corrected chi connectivity index (χ2v) is 5.48. The Kier molecular flexibility index (Phi) is 5.07. The highest BCUT2D eigenvalue weighted by molar-refractivity contribution is 9.10. The first-order valence-electron chi connectivity index (χ1n) is 5.92. The minimum atomic E-state index is 0.471. The summed E-state index contributed by atoms with van der Waals surface area (Å²) in [4.78, 5) is 4.20. The van der Waals surface area contributed by atoms with Crippen LogP contribution in [0.4, 0.5) is 5.82 Å². The second-order valence-electron chi connectivity index (χ2n) is 4.19. The summed E-state index contributed by atoms with van der Waals surface area (Å²) in [5.74, 6) is 0.810. The number of anilines is 1. The number of nitrogens with zero attached hydrogens (tertiary/aromatic N) is 1. The van der Waals surface area contributed by atoms with Gasteiger partial charge >= 0.3 is 0 Å². The zero-order valence-electron chi connectivity index (χ0n) is 9.59. The van der Waals surface area contributed by atoms with Crippen LogP contribution in [0.3, 0.4) is 0 Å². The summed E-state index contributed by atoms with van der Waals surface area (Å²) in [5.41, 5.74) is 0. The molecule has 1 aliphatic rings. The van der Waals surface area contributed by atoms with Crippen LogP contribution in [0.1, 0.15) is 25.7 Å². The molecule has 0 aromatic carbocycles. The van der Waals surface area contributed by atoms with E-state index in [9.17, 15) is 0 Å². The van der Waals surface area contributed by atoms with Gasteiger partial charge in [-0.15, -0.1) is 0 Å². The molecule has 5 heteroatoms. The van der Waals surface area contributed by atoms with Crippen molar-refractivity contribution < 1.29 is 4.74 Å². The monoisotopic (exact) mass is 318 g/mol. The zero-order valence-corrected chi connectivity index (χ0v) is 11.9. The molecule has 2 rings (SSSR count). The zero-order chi connectivity index (χ0) is 12.1. The van der Waals surface area contributed by atoms with Gasteiger partial charge in [-0.3, -0.25) is 0 Å². The smallest absolute Gasteiger partial charge is 0.140 e. The van der Waals surface area contributed by atoms with Gasteiger partial charge in [-0.25, -0.2) is 4.98 Å². The van der Waals surface area contributed by atoms with Crippen LogP contribution in [0, 0.1) is 0 Å². The predicted octanol–water partition coefficient (Wildman–Crippen LogP) is 3.87. The summed E-state index contributed by atoms with van der Waals surface area (Å²) < 4.78 is 6.64. The molecule has 0 bridgehead atoms. The van der Waals surface area contributed by atoms with Gasteiger partial charge in [0.25, 0.3) is 0 Å². The summed E-state index contributed by atoms with van der Waals surface area (Å²) in [5, 5.41) is 3.85. The lowest BCUT2D eigenvalue weighted by molar-refractivity contribution is 0.0658. The fourth-order valence-corrected chi connectivity index (χ4v) is 2.77. The molecule has 94 valence electrons. The Balaban J connectivity index is 1.70. The summed E-state index contributed by atoms with van der Waals surface area (Å²) in [6.07, 6.45) is 7.14. The number of pyridine rings is 1. The van der Waals surface area contributed by atoms with Crippen LogP contribution in [-0.4, -0.2) is 24.2 Å². The van der Waals surface area contributed by atoms with E-state index in [0.29, 0.717) is 11.1 Å². The van der Waals surface area contributed by atoms with Gasteiger partial charge in [0.2, 0.25) is 0 Å². The lowest BCUT2D eigenvalue weighted by Crippen LogP contribution is -2.16. The van der Waals surface area contributed by atoms with Crippen LogP contribution in [0.25, 0.3) is 0 Å². The molecular formula is C12H16BrClN2O. The SMILES string of the molecule is Clc1cnc(NCCOC2CCCC2)c(Br)c1. The molecule has 1 N–H and O–H groups in total. The maximum absolute atomic E-state index is 5.82. The van der Waals surface area contributed by atoms with Gasteiger partial charge in [0.15, 0.2) is 0 Å². The first-order chi connectivity index (χ1) is 8.25. The van der Waals surface area contributed by atoms with Crippen LogP contribution >= 0.6 is 27.5 Å². The Morgan fingerprint density at radius 1 is 1.47 bits per heavy atom. The highest BCUT2D eigenvalue weighted by Crippen LogP contribution is 2.23. The van der Waals surface area contributed by atoms with Crippen molar-refractivity contribution in [3.05, 3.63) is 21.8 Å². The van der Waals surface area contributed by atoms with E-state index in [1.807, 2.05) is 6.07 Å². The van der Waals surface area contributed by atoms with Crippen LogP contribution in [0.15, 0.2) is 16.7 Å². The highest BCUT2D eigenvalue weighted by atomic mass is 79.9. The molecule has 0 unspecified atom stereocenters. The number of rotatable bonds is 5. The minimum absolute atomic E-state index is 0.471. The molecule has 0 atom stereocenters. The maximum Gasteiger partial charge on any atom is 0.140 e. The van der Waals surface area contributed by atoms with Gasteiger partial charge in [0.05, 0.1) is 22.2 Å². The molecular weight excluding hydrogens is 304 g/mol. The van der Waals surface area contributed by atoms with Crippen molar-refractivity contribution in [3.63, 3.8) is 0 Å². The van der Waals surface area contributed by atoms with Crippen LogP contribution in [0.5, 0.6) is 0 Å². The Morgan fingerprint density at radius 3 is 2.94 bits per heavy atom. The van der Waals surface area contributed by atoms with Crippen molar-refractivity contribution in [1.82, 2.24) is 4.98 Å². The topological polar surface area (TPSA) is 34.2 Å². The van der Waals surface area contributed by atoms with Crippen molar-refractivity contribution in [2.75, 3.05) is 18.5 Å². The van der Waals surface area contributed by atoms with Crippen molar-refractivity contribution in [3.8, 4) is 0 Å². The molecule has 1 saturated carbocycles. The molecule has 1 aromatic heterocycles. The summed E-state index contributed by atoms with van der Waals surface area (Å²) in [7, 11) is 0. The largest absolute Gasteiger partial charge is 0.376 e. The van der Waals surface area contributed by atoms with Crippen molar-refractivity contribution >= 4 is 33.3 Å². The average molecular weight is 320 g/mol. The highest BCUT2D eigenvalue weighted by Gasteiger charge is 2.14. The van der Waals surface area contributed by atoms with Crippen molar-refractivity contribution in [2.24, 2.45) is 0 Å². The third-order valence-electron chi connectivity index (χ3n) is 2.86. The molecule has 0 saturated heterocycles. The molecule has 0 spiro atoms. The molecule has 3 nitrogen and oxygen atoms in total. The number of nitrogens with one attached hydrogen (secondary N) is 1. The first kappa shape index (κ1) is 13.1. The van der Waals surface area contributed by atoms with E-state index in [2.05, 4.69) is 26.2 Å². The van der Waals surface area contributed by atoms with Crippen molar-refractivity contribution in [2.45, 2.75) is 31.8 Å². The number of hydrogen-bond donors (Lipinski definition) is 1. The van der Waals surface area contributed by atoms with Gasteiger partial charge in [-0.2, -0.15) is 0 Å². The van der Waals surface area contributed by atoms with E-state index in [0.717, 1.165) is 23.4 Å². The number of hydrogen-bond acceptors (Lipinski definition) is 3. The summed E-state index contributed by atoms with van der Waals surface area (Å²) in [6.45, 7) is 1.49. The van der Waals surface area contributed by atoms with Gasteiger partial charge in [0.1, 0.15) is 5.82 Å². The molecule has 1 aromatic rings. The van der Waals surface area contributed by atoms with Crippen LogP contribution in [0.2, 0.25) is 5.02 Å². The lowest BCUT2D eigenvalue weighted by atomic mass is 10.3. The van der Waals surface area contributed by atoms with Gasteiger partial charge < -0.3 is 10.1 Å². The third kappa shape index (κ3) is 4.12. The quantitative estimate of drug-likeness (QED) is 0.837. The Labute approximate surface area is 115 Å². The van der Waals surface area contributed by atoms with E-state index in [-0.39, 0.29) is 0 Å². The van der Waals surface area contributed by atoms with Crippen LogP contribution in [-0.2, 0) is 4.74 Å². The standard InChI is InChI=1S/C12H16BrClN2O/c13-11-7-9(14)8-16-12(11)15-5-6-17-10-3-1-2-4-10/h7-8,10H,1-6H2,(H,15,16). The average Bonchev–Trinajstić information content (AvgIpc) is 2.79.